The van der Waals surface area contributed by atoms with Gasteiger partial charge < -0.3 is 14.8 Å². The fourth-order valence-electron chi connectivity index (χ4n) is 1.42. The normalized spacial score (nSPS) is 22.1. The van der Waals surface area contributed by atoms with Crippen LogP contribution in [0, 0.1) is 0 Å². The van der Waals surface area contributed by atoms with Gasteiger partial charge in [0.05, 0.1) is 13.7 Å². The molecule has 0 spiro atoms. The fraction of sp³-hybridized carbons (Fsp3) is 0.417. The molecule has 0 bridgehead atoms. The van der Waals surface area contributed by atoms with E-state index in [1.165, 1.54) is 0 Å². The van der Waals surface area contributed by atoms with Gasteiger partial charge in [0.2, 0.25) is 0 Å². The van der Waals surface area contributed by atoms with E-state index in [1.54, 1.807) is 14.0 Å². The van der Waals surface area contributed by atoms with E-state index in [4.69, 9.17) is 9.47 Å². The summed E-state index contributed by atoms with van der Waals surface area (Å²) in [6, 6.07) is 5.65. The van der Waals surface area contributed by atoms with Crippen molar-refractivity contribution in [1.82, 2.24) is 5.32 Å². The van der Waals surface area contributed by atoms with Crippen molar-refractivity contribution in [3.8, 4) is 5.75 Å². The van der Waals surface area contributed by atoms with Gasteiger partial charge in [0.15, 0.2) is 5.60 Å². The first-order valence-corrected chi connectivity index (χ1v) is 6.09. The van der Waals surface area contributed by atoms with Crippen molar-refractivity contribution in [3.05, 3.63) is 28.2 Å². The number of rotatable bonds is 4. The third-order valence-corrected chi connectivity index (χ3v) is 3.52. The number of hydrogen-bond acceptors (Lipinski definition) is 3. The van der Waals surface area contributed by atoms with Crippen molar-refractivity contribution >= 4 is 21.8 Å². The van der Waals surface area contributed by atoms with Crippen molar-refractivity contribution in [2.45, 2.75) is 19.1 Å². The molecule has 4 nitrogen and oxygen atoms in total. The van der Waals surface area contributed by atoms with E-state index in [0.717, 1.165) is 15.8 Å². The SMILES string of the molecule is COc1ccc(Br)c(CNC(=O)C2(C)CO2)c1. The Kier molecular flexibility index (Phi) is 3.40. The van der Waals surface area contributed by atoms with E-state index < -0.39 is 5.60 Å². The quantitative estimate of drug-likeness (QED) is 0.864. The van der Waals surface area contributed by atoms with Gasteiger partial charge in [0.25, 0.3) is 5.91 Å². The number of methoxy groups -OCH3 is 1. The molecule has 1 atom stereocenters. The Morgan fingerprint density at radius 1 is 1.65 bits per heavy atom. The second kappa shape index (κ2) is 4.66. The predicted molar refractivity (Wildman–Crippen MR) is 66.9 cm³/mol. The minimum absolute atomic E-state index is 0.0766. The zero-order valence-corrected chi connectivity index (χ0v) is 11.3. The van der Waals surface area contributed by atoms with Crippen LogP contribution < -0.4 is 10.1 Å². The van der Waals surface area contributed by atoms with Gasteiger partial charge in [-0.1, -0.05) is 15.9 Å². The number of nitrogens with one attached hydrogen (secondary N) is 1. The van der Waals surface area contributed by atoms with Crippen LogP contribution in [0.4, 0.5) is 0 Å². The van der Waals surface area contributed by atoms with E-state index in [2.05, 4.69) is 21.2 Å². The van der Waals surface area contributed by atoms with Gasteiger partial charge in [-0.3, -0.25) is 4.79 Å². The number of halogens is 1. The molecule has 2 rings (SSSR count). The summed E-state index contributed by atoms with van der Waals surface area (Å²) in [6.07, 6.45) is 0. The molecule has 1 saturated heterocycles. The van der Waals surface area contributed by atoms with Gasteiger partial charge in [-0.05, 0) is 30.7 Å². The van der Waals surface area contributed by atoms with Crippen LogP contribution in [0.2, 0.25) is 0 Å². The highest BCUT2D eigenvalue weighted by atomic mass is 79.9. The Labute approximate surface area is 108 Å². The number of benzene rings is 1. The second-order valence-corrected chi connectivity index (χ2v) is 5.01. The molecule has 5 heteroatoms. The average Bonchev–Trinajstić information content (AvgIpc) is 3.07. The van der Waals surface area contributed by atoms with E-state index >= 15 is 0 Å². The van der Waals surface area contributed by atoms with Crippen molar-refractivity contribution in [1.29, 1.82) is 0 Å². The van der Waals surface area contributed by atoms with E-state index in [9.17, 15) is 4.79 Å². The molecule has 1 aliphatic rings. The lowest BCUT2D eigenvalue weighted by Crippen LogP contribution is -2.34. The van der Waals surface area contributed by atoms with Crippen LogP contribution in [0.15, 0.2) is 22.7 Å². The maximum absolute atomic E-state index is 11.7. The molecule has 92 valence electrons. The van der Waals surface area contributed by atoms with Gasteiger partial charge in [-0.2, -0.15) is 0 Å². The van der Waals surface area contributed by atoms with Crippen molar-refractivity contribution in [2.75, 3.05) is 13.7 Å². The maximum atomic E-state index is 11.7. The van der Waals surface area contributed by atoms with E-state index in [0.29, 0.717) is 13.2 Å². The first-order chi connectivity index (χ1) is 8.05. The summed E-state index contributed by atoms with van der Waals surface area (Å²) in [4.78, 5) is 11.7. The van der Waals surface area contributed by atoms with E-state index in [-0.39, 0.29) is 5.91 Å². The van der Waals surface area contributed by atoms with Crippen LogP contribution in [0.25, 0.3) is 0 Å². The maximum Gasteiger partial charge on any atom is 0.254 e. The zero-order chi connectivity index (χ0) is 12.5. The first kappa shape index (κ1) is 12.4. The molecule has 0 saturated carbocycles. The number of hydrogen-bond donors (Lipinski definition) is 1. The van der Waals surface area contributed by atoms with Crippen LogP contribution in [0.5, 0.6) is 5.75 Å². The molecule has 1 heterocycles. The smallest absolute Gasteiger partial charge is 0.254 e. The lowest BCUT2D eigenvalue weighted by atomic mass is 10.1. The number of carbonyl (C=O) groups excluding carboxylic acids is 1. The minimum Gasteiger partial charge on any atom is -0.497 e. The van der Waals surface area contributed by atoms with Gasteiger partial charge in [-0.15, -0.1) is 0 Å². The summed E-state index contributed by atoms with van der Waals surface area (Å²) in [6.45, 7) is 2.73. The van der Waals surface area contributed by atoms with Gasteiger partial charge in [-0.25, -0.2) is 0 Å². The molecule has 1 aliphatic heterocycles. The van der Waals surface area contributed by atoms with Crippen LogP contribution >= 0.6 is 15.9 Å². The van der Waals surface area contributed by atoms with Crippen LogP contribution in [0.3, 0.4) is 0 Å². The first-order valence-electron chi connectivity index (χ1n) is 5.30. The molecule has 17 heavy (non-hydrogen) atoms. The van der Waals surface area contributed by atoms with Crippen LogP contribution in [-0.2, 0) is 16.1 Å². The lowest BCUT2D eigenvalue weighted by molar-refractivity contribution is -0.125. The fourth-order valence-corrected chi connectivity index (χ4v) is 1.80. The third-order valence-electron chi connectivity index (χ3n) is 2.75. The number of epoxide rings is 1. The topological polar surface area (TPSA) is 50.9 Å². The molecule has 0 radical (unpaired) electrons. The van der Waals surface area contributed by atoms with Gasteiger partial charge in [0.1, 0.15) is 5.75 Å². The zero-order valence-electron chi connectivity index (χ0n) is 9.75. The molecule has 1 amide bonds. The summed E-state index contributed by atoms with van der Waals surface area (Å²) in [7, 11) is 1.62. The van der Waals surface area contributed by atoms with Crippen LogP contribution in [0.1, 0.15) is 12.5 Å². The Balaban J connectivity index is 2.00. The highest BCUT2D eigenvalue weighted by Gasteiger charge is 2.47. The molecular formula is C12H14BrNO3. The standard InChI is InChI=1S/C12H14BrNO3/c1-12(7-17-12)11(15)14-6-8-5-9(16-2)3-4-10(8)13/h3-5H,6-7H2,1-2H3,(H,14,15). The van der Waals surface area contributed by atoms with Crippen molar-refractivity contribution < 1.29 is 14.3 Å². The monoisotopic (exact) mass is 299 g/mol. The molecule has 1 fully saturated rings. The Hall–Kier alpha value is -1.07. The molecule has 0 aliphatic carbocycles. The largest absolute Gasteiger partial charge is 0.497 e. The highest BCUT2D eigenvalue weighted by Crippen LogP contribution is 2.26. The molecular weight excluding hydrogens is 286 g/mol. The second-order valence-electron chi connectivity index (χ2n) is 4.16. The van der Waals surface area contributed by atoms with Crippen molar-refractivity contribution in [2.24, 2.45) is 0 Å². The molecule has 1 aromatic carbocycles. The van der Waals surface area contributed by atoms with Gasteiger partial charge in [0, 0.05) is 11.0 Å². The molecule has 0 aromatic heterocycles. The minimum atomic E-state index is -0.620. The summed E-state index contributed by atoms with van der Waals surface area (Å²) < 4.78 is 11.2. The highest BCUT2D eigenvalue weighted by molar-refractivity contribution is 9.10. The number of ether oxygens (including phenoxy) is 2. The van der Waals surface area contributed by atoms with Crippen molar-refractivity contribution in [3.63, 3.8) is 0 Å². The predicted octanol–water partition coefficient (Wildman–Crippen LogP) is 1.86. The average molecular weight is 300 g/mol. The Morgan fingerprint density at radius 2 is 2.35 bits per heavy atom. The molecule has 1 unspecified atom stereocenters. The van der Waals surface area contributed by atoms with Gasteiger partial charge >= 0.3 is 0 Å². The lowest BCUT2D eigenvalue weighted by Gasteiger charge is -2.10. The molecule has 1 aromatic rings. The number of carbonyl (C=O) groups is 1. The summed E-state index contributed by atoms with van der Waals surface area (Å²) in [5, 5.41) is 2.84. The third kappa shape index (κ3) is 2.79. The number of amides is 1. The van der Waals surface area contributed by atoms with E-state index in [1.807, 2.05) is 18.2 Å². The Bertz CT molecular complexity index is 443. The Morgan fingerprint density at radius 3 is 2.94 bits per heavy atom. The summed E-state index contributed by atoms with van der Waals surface area (Å²) >= 11 is 3.44. The van der Waals surface area contributed by atoms with Crippen LogP contribution in [-0.4, -0.2) is 25.2 Å². The molecule has 1 N–H and O–H groups in total. The summed E-state index contributed by atoms with van der Waals surface area (Å²) in [5.41, 5.74) is 0.354. The summed E-state index contributed by atoms with van der Waals surface area (Å²) in [5.74, 6) is 0.693.